The largest absolute Gasteiger partial charge is 0.493 e. The van der Waals surface area contributed by atoms with Crippen LogP contribution in [0.15, 0.2) is 29.2 Å². The Bertz CT molecular complexity index is 695. The van der Waals surface area contributed by atoms with E-state index in [0.29, 0.717) is 29.3 Å². The molecular formula is C15H19N3O3. The molecule has 0 spiro atoms. The Morgan fingerprint density at radius 3 is 2.62 bits per heavy atom. The Hall–Kier alpha value is -2.34. The SMILES string of the molecule is COc1ccnc(Cn2c(C)ccc(CN)c2=O)c1OC. The highest BCUT2D eigenvalue weighted by Gasteiger charge is 2.14. The van der Waals surface area contributed by atoms with Gasteiger partial charge in [-0.3, -0.25) is 9.78 Å². The van der Waals surface area contributed by atoms with Crippen molar-refractivity contribution in [3.63, 3.8) is 0 Å². The molecule has 0 atom stereocenters. The van der Waals surface area contributed by atoms with E-state index in [1.165, 1.54) is 0 Å². The second kappa shape index (κ2) is 6.41. The minimum absolute atomic E-state index is 0.107. The van der Waals surface area contributed by atoms with Crippen LogP contribution in [0.25, 0.3) is 0 Å². The molecule has 6 heteroatoms. The molecule has 0 saturated heterocycles. The van der Waals surface area contributed by atoms with Gasteiger partial charge in [0.2, 0.25) is 0 Å². The van der Waals surface area contributed by atoms with Gasteiger partial charge in [0, 0.05) is 30.1 Å². The summed E-state index contributed by atoms with van der Waals surface area (Å²) in [7, 11) is 3.11. The maximum Gasteiger partial charge on any atom is 0.255 e. The monoisotopic (exact) mass is 289 g/mol. The normalized spacial score (nSPS) is 10.5. The number of hydrogen-bond donors (Lipinski definition) is 1. The van der Waals surface area contributed by atoms with E-state index in [0.717, 1.165) is 5.69 Å². The van der Waals surface area contributed by atoms with Gasteiger partial charge < -0.3 is 19.8 Å². The molecule has 0 amide bonds. The molecule has 0 aliphatic heterocycles. The minimum Gasteiger partial charge on any atom is -0.493 e. The number of hydrogen-bond acceptors (Lipinski definition) is 5. The Kier molecular flexibility index (Phi) is 4.59. The number of pyridine rings is 2. The minimum atomic E-state index is -0.107. The van der Waals surface area contributed by atoms with Crippen molar-refractivity contribution in [2.24, 2.45) is 5.73 Å². The molecule has 0 aliphatic rings. The van der Waals surface area contributed by atoms with E-state index in [1.807, 2.05) is 13.0 Å². The third kappa shape index (κ3) is 2.90. The maximum absolute atomic E-state index is 12.4. The second-order valence-corrected chi connectivity index (χ2v) is 4.59. The molecule has 0 aromatic carbocycles. The van der Waals surface area contributed by atoms with E-state index in [4.69, 9.17) is 15.2 Å². The van der Waals surface area contributed by atoms with Crippen LogP contribution in [-0.4, -0.2) is 23.8 Å². The first kappa shape index (κ1) is 15.1. The summed E-state index contributed by atoms with van der Waals surface area (Å²) in [5.74, 6) is 1.12. The van der Waals surface area contributed by atoms with Crippen molar-refractivity contribution >= 4 is 0 Å². The molecule has 21 heavy (non-hydrogen) atoms. The van der Waals surface area contributed by atoms with Crippen molar-refractivity contribution in [1.82, 2.24) is 9.55 Å². The van der Waals surface area contributed by atoms with Crippen molar-refractivity contribution in [3.8, 4) is 11.5 Å². The first-order chi connectivity index (χ1) is 10.1. The van der Waals surface area contributed by atoms with Crippen LogP contribution < -0.4 is 20.8 Å². The lowest BCUT2D eigenvalue weighted by molar-refractivity contribution is 0.348. The van der Waals surface area contributed by atoms with E-state index in [-0.39, 0.29) is 12.1 Å². The lowest BCUT2D eigenvalue weighted by atomic mass is 10.2. The maximum atomic E-state index is 12.4. The number of ether oxygens (including phenoxy) is 2. The van der Waals surface area contributed by atoms with Gasteiger partial charge in [-0.05, 0) is 13.0 Å². The van der Waals surface area contributed by atoms with Crippen LogP contribution in [0.2, 0.25) is 0 Å². The third-order valence-electron chi connectivity index (χ3n) is 3.37. The molecule has 2 rings (SSSR count). The summed E-state index contributed by atoms with van der Waals surface area (Å²) in [6, 6.07) is 5.34. The fourth-order valence-corrected chi connectivity index (χ4v) is 2.18. The molecule has 112 valence electrons. The summed E-state index contributed by atoms with van der Waals surface area (Å²) < 4.78 is 12.2. The van der Waals surface area contributed by atoms with Gasteiger partial charge in [-0.1, -0.05) is 6.07 Å². The van der Waals surface area contributed by atoms with Gasteiger partial charge in [0.05, 0.1) is 20.8 Å². The van der Waals surface area contributed by atoms with Crippen molar-refractivity contribution in [1.29, 1.82) is 0 Å². The molecule has 0 unspecified atom stereocenters. The molecule has 2 heterocycles. The summed E-state index contributed by atoms with van der Waals surface area (Å²) in [5, 5.41) is 0. The van der Waals surface area contributed by atoms with E-state index < -0.39 is 0 Å². The lowest BCUT2D eigenvalue weighted by Gasteiger charge is -2.15. The molecule has 0 saturated carbocycles. The zero-order valence-corrected chi connectivity index (χ0v) is 12.4. The summed E-state index contributed by atoms with van der Waals surface area (Å²) in [4.78, 5) is 16.7. The van der Waals surface area contributed by atoms with Crippen LogP contribution in [0.4, 0.5) is 0 Å². The van der Waals surface area contributed by atoms with E-state index >= 15 is 0 Å². The van der Waals surface area contributed by atoms with Crippen molar-refractivity contribution in [2.45, 2.75) is 20.0 Å². The average molecular weight is 289 g/mol. The number of methoxy groups -OCH3 is 2. The molecule has 6 nitrogen and oxygen atoms in total. The van der Waals surface area contributed by atoms with Crippen LogP contribution in [0, 0.1) is 6.92 Å². The topological polar surface area (TPSA) is 79.4 Å². The lowest BCUT2D eigenvalue weighted by Crippen LogP contribution is -2.27. The van der Waals surface area contributed by atoms with Gasteiger partial charge in [-0.2, -0.15) is 0 Å². The van der Waals surface area contributed by atoms with Crippen LogP contribution >= 0.6 is 0 Å². The highest BCUT2D eigenvalue weighted by molar-refractivity contribution is 5.42. The van der Waals surface area contributed by atoms with Crippen LogP contribution in [0.5, 0.6) is 11.5 Å². The Morgan fingerprint density at radius 2 is 2.00 bits per heavy atom. The van der Waals surface area contributed by atoms with Gasteiger partial charge in [0.25, 0.3) is 5.56 Å². The summed E-state index contributed by atoms with van der Waals surface area (Å²) in [6.45, 7) is 2.38. The van der Waals surface area contributed by atoms with Gasteiger partial charge in [-0.15, -0.1) is 0 Å². The Labute approximate surface area is 123 Å². The van der Waals surface area contributed by atoms with Crippen LogP contribution in [-0.2, 0) is 13.1 Å². The number of nitrogens with two attached hydrogens (primary N) is 1. The van der Waals surface area contributed by atoms with Gasteiger partial charge in [0.15, 0.2) is 11.5 Å². The standard InChI is InChI=1S/C15H19N3O3/c1-10-4-5-11(8-16)15(19)18(10)9-12-14(21-3)13(20-2)6-7-17-12/h4-7H,8-9,16H2,1-3H3. The average Bonchev–Trinajstić information content (AvgIpc) is 2.51. The predicted octanol–water partition coefficient (Wildman–Crippen LogP) is 1.08. The van der Waals surface area contributed by atoms with E-state index in [2.05, 4.69) is 4.98 Å². The first-order valence-corrected chi connectivity index (χ1v) is 6.57. The van der Waals surface area contributed by atoms with E-state index in [1.54, 1.807) is 37.1 Å². The zero-order chi connectivity index (χ0) is 15.4. The molecular weight excluding hydrogens is 270 g/mol. The van der Waals surface area contributed by atoms with Crippen LogP contribution in [0.1, 0.15) is 17.0 Å². The summed E-state index contributed by atoms with van der Waals surface area (Å²) >= 11 is 0. The zero-order valence-electron chi connectivity index (χ0n) is 12.4. The fraction of sp³-hybridized carbons (Fsp3) is 0.333. The molecule has 0 radical (unpaired) electrons. The van der Waals surface area contributed by atoms with Gasteiger partial charge in [0.1, 0.15) is 5.69 Å². The van der Waals surface area contributed by atoms with Gasteiger partial charge in [-0.25, -0.2) is 0 Å². The number of aryl methyl sites for hydroxylation is 1. The second-order valence-electron chi connectivity index (χ2n) is 4.59. The number of rotatable bonds is 5. The summed E-state index contributed by atoms with van der Waals surface area (Å²) in [6.07, 6.45) is 1.63. The van der Waals surface area contributed by atoms with Crippen LogP contribution in [0.3, 0.4) is 0 Å². The molecule has 0 fully saturated rings. The predicted molar refractivity (Wildman–Crippen MR) is 79.8 cm³/mol. The molecule has 2 aromatic heterocycles. The summed E-state index contributed by atoms with van der Waals surface area (Å²) in [5.41, 5.74) is 7.53. The molecule has 0 bridgehead atoms. The number of aromatic nitrogens is 2. The highest BCUT2D eigenvalue weighted by atomic mass is 16.5. The highest BCUT2D eigenvalue weighted by Crippen LogP contribution is 2.29. The fourth-order valence-electron chi connectivity index (χ4n) is 2.18. The van der Waals surface area contributed by atoms with Crippen molar-refractivity contribution < 1.29 is 9.47 Å². The van der Waals surface area contributed by atoms with E-state index in [9.17, 15) is 4.79 Å². The van der Waals surface area contributed by atoms with Crippen molar-refractivity contribution in [2.75, 3.05) is 14.2 Å². The van der Waals surface area contributed by atoms with Crippen molar-refractivity contribution in [3.05, 3.63) is 51.7 Å². The quantitative estimate of drug-likeness (QED) is 0.891. The molecule has 0 aliphatic carbocycles. The third-order valence-corrected chi connectivity index (χ3v) is 3.37. The molecule has 2 aromatic rings. The number of nitrogens with zero attached hydrogens (tertiary/aromatic N) is 2. The smallest absolute Gasteiger partial charge is 0.255 e. The molecule has 2 N–H and O–H groups in total. The van der Waals surface area contributed by atoms with Gasteiger partial charge >= 0.3 is 0 Å². The Morgan fingerprint density at radius 1 is 1.24 bits per heavy atom. The first-order valence-electron chi connectivity index (χ1n) is 6.57. The Balaban J connectivity index is 2.51.